The summed E-state index contributed by atoms with van der Waals surface area (Å²) in [5.74, 6) is 0. The highest BCUT2D eigenvalue weighted by molar-refractivity contribution is 4.82. The average Bonchev–Trinajstić information content (AvgIpc) is 2.29. The van der Waals surface area contributed by atoms with E-state index in [0.717, 1.165) is 19.5 Å². The van der Waals surface area contributed by atoms with Gasteiger partial charge in [-0.2, -0.15) is 0 Å². The zero-order chi connectivity index (χ0) is 10.5. The van der Waals surface area contributed by atoms with E-state index in [0.29, 0.717) is 6.04 Å². The Hall–Kier alpha value is -1.16. The maximum Gasteiger partial charge on any atom is 0.347 e. The number of nitrogens with one attached hydrogen (secondary N) is 1. The van der Waals surface area contributed by atoms with Gasteiger partial charge in [0, 0.05) is 25.0 Å². The smallest absolute Gasteiger partial charge is 0.314 e. The van der Waals surface area contributed by atoms with Gasteiger partial charge in [-0.15, -0.1) is 0 Å². The van der Waals surface area contributed by atoms with Crippen LogP contribution in [0.3, 0.4) is 0 Å². The van der Waals surface area contributed by atoms with E-state index in [4.69, 9.17) is 0 Å². The molecule has 2 heterocycles. The topological polar surface area (TPSA) is 46.9 Å². The van der Waals surface area contributed by atoms with E-state index in [1.54, 1.807) is 16.8 Å². The molecule has 0 amide bonds. The van der Waals surface area contributed by atoms with Crippen molar-refractivity contribution in [2.45, 2.75) is 38.3 Å². The molecule has 82 valence electrons. The summed E-state index contributed by atoms with van der Waals surface area (Å²) in [6.07, 6.45) is 8.18. The molecule has 1 aliphatic rings. The molecular formula is C11H17N3O. The summed E-state index contributed by atoms with van der Waals surface area (Å²) in [5.41, 5.74) is -0.145. The molecule has 1 aliphatic heterocycles. The molecule has 1 aromatic heterocycles. The molecule has 1 aromatic rings. The number of hydrogen-bond donors (Lipinski definition) is 1. The van der Waals surface area contributed by atoms with Crippen molar-refractivity contribution in [3.8, 4) is 0 Å². The SMILES string of the molecule is O=c1ncccn1CCC1CCCCN1. The summed E-state index contributed by atoms with van der Waals surface area (Å²) < 4.78 is 1.68. The molecular weight excluding hydrogens is 190 g/mol. The first kappa shape index (κ1) is 10.4. The minimum Gasteiger partial charge on any atom is -0.314 e. The third-order valence-corrected chi connectivity index (χ3v) is 2.91. The van der Waals surface area contributed by atoms with Gasteiger partial charge in [0.25, 0.3) is 0 Å². The van der Waals surface area contributed by atoms with Crippen LogP contribution in [0.1, 0.15) is 25.7 Å². The lowest BCUT2D eigenvalue weighted by atomic mass is 10.0. The Labute approximate surface area is 89.3 Å². The Bertz CT molecular complexity index is 355. The molecule has 2 rings (SSSR count). The number of aromatic nitrogens is 2. The Kier molecular flexibility index (Phi) is 3.50. The van der Waals surface area contributed by atoms with E-state index < -0.39 is 0 Å². The normalized spacial score (nSPS) is 21.5. The van der Waals surface area contributed by atoms with Crippen molar-refractivity contribution in [1.29, 1.82) is 0 Å². The highest BCUT2D eigenvalue weighted by Gasteiger charge is 2.12. The summed E-state index contributed by atoms with van der Waals surface area (Å²) >= 11 is 0. The summed E-state index contributed by atoms with van der Waals surface area (Å²) in [7, 11) is 0. The maximum atomic E-state index is 11.3. The molecule has 4 heteroatoms. The highest BCUT2D eigenvalue weighted by Crippen LogP contribution is 2.10. The molecule has 0 aliphatic carbocycles. The van der Waals surface area contributed by atoms with E-state index >= 15 is 0 Å². The molecule has 0 saturated carbocycles. The second-order valence-corrected chi connectivity index (χ2v) is 4.03. The molecule has 1 N–H and O–H groups in total. The largest absolute Gasteiger partial charge is 0.347 e. The molecule has 0 radical (unpaired) electrons. The Morgan fingerprint density at radius 1 is 1.53 bits per heavy atom. The second-order valence-electron chi connectivity index (χ2n) is 4.03. The molecule has 0 spiro atoms. The lowest BCUT2D eigenvalue weighted by molar-refractivity contribution is 0.364. The van der Waals surface area contributed by atoms with Gasteiger partial charge in [0.1, 0.15) is 0 Å². The number of aryl methyl sites for hydroxylation is 1. The summed E-state index contributed by atoms with van der Waals surface area (Å²) in [6.45, 7) is 1.89. The first-order chi connectivity index (χ1) is 7.36. The van der Waals surface area contributed by atoms with Crippen LogP contribution in [0.5, 0.6) is 0 Å². The third-order valence-electron chi connectivity index (χ3n) is 2.91. The quantitative estimate of drug-likeness (QED) is 0.796. The Balaban J connectivity index is 1.87. The lowest BCUT2D eigenvalue weighted by Gasteiger charge is -2.23. The van der Waals surface area contributed by atoms with Gasteiger partial charge < -0.3 is 5.32 Å². The first-order valence-electron chi connectivity index (χ1n) is 5.61. The zero-order valence-corrected chi connectivity index (χ0v) is 8.85. The van der Waals surface area contributed by atoms with E-state index in [1.165, 1.54) is 25.5 Å². The number of piperidine rings is 1. The molecule has 0 aromatic carbocycles. The van der Waals surface area contributed by atoms with Gasteiger partial charge in [-0.05, 0) is 31.9 Å². The van der Waals surface area contributed by atoms with Crippen molar-refractivity contribution in [3.05, 3.63) is 28.9 Å². The Morgan fingerprint density at radius 2 is 2.47 bits per heavy atom. The van der Waals surface area contributed by atoms with Crippen molar-refractivity contribution in [2.75, 3.05) is 6.54 Å². The van der Waals surface area contributed by atoms with Crippen molar-refractivity contribution in [3.63, 3.8) is 0 Å². The predicted octanol–water partition coefficient (Wildman–Crippen LogP) is 0.776. The fourth-order valence-corrected chi connectivity index (χ4v) is 2.02. The van der Waals surface area contributed by atoms with Gasteiger partial charge in [-0.25, -0.2) is 9.78 Å². The summed E-state index contributed by atoms with van der Waals surface area (Å²) in [6, 6.07) is 2.38. The number of rotatable bonds is 3. The van der Waals surface area contributed by atoms with E-state index in [9.17, 15) is 4.79 Å². The third kappa shape index (κ3) is 2.89. The zero-order valence-electron chi connectivity index (χ0n) is 8.85. The predicted molar refractivity (Wildman–Crippen MR) is 58.8 cm³/mol. The second kappa shape index (κ2) is 5.07. The maximum absolute atomic E-state index is 11.3. The van der Waals surface area contributed by atoms with E-state index in [1.807, 2.05) is 0 Å². The van der Waals surface area contributed by atoms with Crippen LogP contribution in [0, 0.1) is 0 Å². The van der Waals surface area contributed by atoms with Gasteiger partial charge in [0.05, 0.1) is 0 Å². The number of hydrogen-bond acceptors (Lipinski definition) is 3. The van der Waals surface area contributed by atoms with Crippen LogP contribution in [0.2, 0.25) is 0 Å². The van der Waals surface area contributed by atoms with Gasteiger partial charge >= 0.3 is 5.69 Å². The monoisotopic (exact) mass is 207 g/mol. The van der Waals surface area contributed by atoms with Crippen LogP contribution < -0.4 is 11.0 Å². The molecule has 4 nitrogen and oxygen atoms in total. The summed E-state index contributed by atoms with van der Waals surface area (Å²) in [5, 5.41) is 3.47. The van der Waals surface area contributed by atoms with Crippen molar-refractivity contribution >= 4 is 0 Å². The molecule has 0 bridgehead atoms. The first-order valence-corrected chi connectivity index (χ1v) is 5.61. The van der Waals surface area contributed by atoms with Crippen LogP contribution in [0.25, 0.3) is 0 Å². The molecule has 1 saturated heterocycles. The number of nitrogens with zero attached hydrogens (tertiary/aromatic N) is 2. The van der Waals surface area contributed by atoms with Gasteiger partial charge in [0.15, 0.2) is 0 Å². The van der Waals surface area contributed by atoms with Gasteiger partial charge in [-0.3, -0.25) is 4.57 Å². The Morgan fingerprint density at radius 3 is 3.20 bits per heavy atom. The van der Waals surface area contributed by atoms with Gasteiger partial charge in [-0.1, -0.05) is 6.42 Å². The summed E-state index contributed by atoms with van der Waals surface area (Å²) in [4.78, 5) is 15.1. The van der Waals surface area contributed by atoms with Crippen molar-refractivity contribution in [2.24, 2.45) is 0 Å². The fourth-order valence-electron chi connectivity index (χ4n) is 2.02. The average molecular weight is 207 g/mol. The van der Waals surface area contributed by atoms with E-state index in [-0.39, 0.29) is 5.69 Å². The minimum atomic E-state index is -0.145. The standard InChI is InChI=1S/C11H17N3O/c15-11-13-7-3-8-14(11)9-5-10-4-1-2-6-12-10/h3,7-8,10,12H,1-2,4-6,9H2. The minimum absolute atomic E-state index is 0.145. The van der Waals surface area contributed by atoms with Crippen LogP contribution in [-0.2, 0) is 6.54 Å². The van der Waals surface area contributed by atoms with Gasteiger partial charge in [0.2, 0.25) is 0 Å². The fraction of sp³-hybridized carbons (Fsp3) is 0.636. The van der Waals surface area contributed by atoms with Crippen molar-refractivity contribution in [1.82, 2.24) is 14.9 Å². The molecule has 15 heavy (non-hydrogen) atoms. The molecule has 1 atom stereocenters. The van der Waals surface area contributed by atoms with Crippen LogP contribution in [0.15, 0.2) is 23.3 Å². The van der Waals surface area contributed by atoms with Crippen LogP contribution >= 0.6 is 0 Å². The molecule has 1 fully saturated rings. The lowest BCUT2D eigenvalue weighted by Crippen LogP contribution is -2.35. The van der Waals surface area contributed by atoms with Crippen LogP contribution in [0.4, 0.5) is 0 Å². The highest BCUT2D eigenvalue weighted by atomic mass is 16.1. The van der Waals surface area contributed by atoms with E-state index in [2.05, 4.69) is 10.3 Å². The molecule has 1 unspecified atom stereocenters. The van der Waals surface area contributed by atoms with Crippen molar-refractivity contribution < 1.29 is 0 Å². The van der Waals surface area contributed by atoms with Crippen LogP contribution in [-0.4, -0.2) is 22.1 Å².